The minimum Gasteiger partial charge on any atom is -0.483 e. The van der Waals surface area contributed by atoms with Crippen LogP contribution in [0.5, 0.6) is 5.75 Å². The highest BCUT2D eigenvalue weighted by atomic mass is 16.6. The van der Waals surface area contributed by atoms with Crippen molar-refractivity contribution >= 4 is 6.09 Å². The van der Waals surface area contributed by atoms with E-state index < -0.39 is 29.3 Å². The van der Waals surface area contributed by atoms with Crippen LogP contribution in [0.25, 0.3) is 11.1 Å². The van der Waals surface area contributed by atoms with E-state index in [2.05, 4.69) is 24.3 Å². The topological polar surface area (TPSA) is 81.0 Å². The van der Waals surface area contributed by atoms with Gasteiger partial charge in [0.1, 0.15) is 24.0 Å². The molecule has 0 bridgehead atoms. The molecule has 1 aliphatic carbocycles. The second-order valence-corrected chi connectivity index (χ2v) is 13.0. The Morgan fingerprint density at radius 3 is 2.07 bits per heavy atom. The summed E-state index contributed by atoms with van der Waals surface area (Å²) in [6.07, 6.45) is 0.404. The molecule has 0 fully saturated rings. The Morgan fingerprint density at radius 1 is 0.884 bits per heavy atom. The lowest BCUT2D eigenvalue weighted by atomic mass is 9.71. The molecule has 1 aromatic heterocycles. The average molecular weight is 579 g/mol. The number of aliphatic hydroxyl groups excluding tert-OH is 1. The third-order valence-corrected chi connectivity index (χ3v) is 8.65. The van der Waals surface area contributed by atoms with Gasteiger partial charge in [0.05, 0.1) is 6.04 Å². The highest BCUT2D eigenvalue weighted by molar-refractivity contribution is 5.82. The van der Waals surface area contributed by atoms with Gasteiger partial charge in [0.15, 0.2) is 5.75 Å². The summed E-state index contributed by atoms with van der Waals surface area (Å²) < 4.78 is 13.6. The summed E-state index contributed by atoms with van der Waals surface area (Å²) in [6.45, 7) is 9.50. The summed E-state index contributed by atoms with van der Waals surface area (Å²) in [5.74, 6) is 0.0130. The molecule has 2 heterocycles. The number of ether oxygens (including phenoxy) is 2. The lowest BCUT2D eigenvalue weighted by Crippen LogP contribution is -2.62. The summed E-state index contributed by atoms with van der Waals surface area (Å²) in [5, 5.41) is 13.6. The van der Waals surface area contributed by atoms with E-state index in [1.165, 1.54) is 28.3 Å². The van der Waals surface area contributed by atoms with E-state index >= 15 is 0 Å². The Labute approximate surface area is 252 Å². The minimum atomic E-state index is -1.11. The van der Waals surface area contributed by atoms with Crippen molar-refractivity contribution in [3.63, 3.8) is 0 Å². The molecule has 7 heteroatoms. The molecule has 0 radical (unpaired) electrons. The molecule has 3 aromatic carbocycles. The van der Waals surface area contributed by atoms with E-state index in [9.17, 15) is 14.7 Å². The van der Waals surface area contributed by atoms with E-state index in [4.69, 9.17) is 9.47 Å². The number of pyridine rings is 1. The first kappa shape index (κ1) is 28.7. The second-order valence-electron chi connectivity index (χ2n) is 13.0. The quantitative estimate of drug-likeness (QED) is 0.277. The number of fused-ring (bicyclic) bond motifs is 4. The standard InChI is InChI=1S/C36H38N2O5/c1-35(2,3)43-34(41)38-30(21-28-26-17-11-9-15-24(26)25-16-10-12-18-27(25)28)36(4,5)33(40)31-32(29(39)19-20-37(31)38)42-22-23-13-7-6-8-14-23/h6-20,28,30,33,40H,21-22H2,1-5H3. The van der Waals surface area contributed by atoms with Crippen molar-refractivity contribution in [3.05, 3.63) is 124 Å². The zero-order valence-corrected chi connectivity index (χ0v) is 25.3. The van der Waals surface area contributed by atoms with Crippen LogP contribution in [0.2, 0.25) is 0 Å². The number of carbonyl (C=O) groups is 1. The number of hydrogen-bond acceptors (Lipinski definition) is 5. The van der Waals surface area contributed by atoms with Crippen LogP contribution >= 0.6 is 0 Å². The van der Waals surface area contributed by atoms with Crippen molar-refractivity contribution in [2.75, 3.05) is 5.01 Å². The average Bonchev–Trinajstić information content (AvgIpc) is 3.28. The van der Waals surface area contributed by atoms with E-state index in [0.717, 1.165) is 5.56 Å². The molecule has 0 saturated carbocycles. The highest BCUT2D eigenvalue weighted by Crippen LogP contribution is 2.52. The fourth-order valence-electron chi connectivity index (χ4n) is 6.50. The van der Waals surface area contributed by atoms with Gasteiger partial charge in [0, 0.05) is 23.6 Å². The number of aromatic nitrogens is 1. The maximum absolute atomic E-state index is 14.1. The molecule has 2 unspecified atom stereocenters. The van der Waals surface area contributed by atoms with Crippen molar-refractivity contribution in [1.29, 1.82) is 0 Å². The number of nitrogens with zero attached hydrogens (tertiary/aromatic N) is 2. The van der Waals surface area contributed by atoms with Crippen LogP contribution in [0.15, 0.2) is 95.9 Å². The lowest BCUT2D eigenvalue weighted by Gasteiger charge is -2.51. The van der Waals surface area contributed by atoms with Gasteiger partial charge in [0.2, 0.25) is 5.43 Å². The fourth-order valence-corrected chi connectivity index (χ4v) is 6.50. The smallest absolute Gasteiger partial charge is 0.429 e. The summed E-state index contributed by atoms with van der Waals surface area (Å²) >= 11 is 0. The monoisotopic (exact) mass is 578 g/mol. The Morgan fingerprint density at radius 2 is 1.47 bits per heavy atom. The lowest BCUT2D eigenvalue weighted by molar-refractivity contribution is -0.0164. The summed E-state index contributed by atoms with van der Waals surface area (Å²) in [4.78, 5) is 27.3. The molecule has 222 valence electrons. The van der Waals surface area contributed by atoms with Gasteiger partial charge in [-0.05, 0) is 55.0 Å². The number of benzene rings is 3. The molecule has 0 saturated heterocycles. The first-order valence-corrected chi connectivity index (χ1v) is 14.8. The predicted molar refractivity (Wildman–Crippen MR) is 167 cm³/mol. The number of carbonyl (C=O) groups excluding carboxylic acids is 1. The maximum atomic E-state index is 14.1. The van der Waals surface area contributed by atoms with Crippen molar-refractivity contribution < 1.29 is 19.4 Å². The largest absolute Gasteiger partial charge is 0.483 e. The van der Waals surface area contributed by atoms with Crippen molar-refractivity contribution in [2.45, 2.75) is 71.3 Å². The van der Waals surface area contributed by atoms with Crippen LogP contribution in [-0.4, -0.2) is 27.5 Å². The van der Waals surface area contributed by atoms with Crippen LogP contribution in [-0.2, 0) is 11.3 Å². The summed E-state index contributed by atoms with van der Waals surface area (Å²) in [5.41, 5.74) is 3.85. The Bertz CT molecular complexity index is 1670. The van der Waals surface area contributed by atoms with Gasteiger partial charge in [-0.3, -0.25) is 9.47 Å². The van der Waals surface area contributed by atoms with Gasteiger partial charge < -0.3 is 14.6 Å². The van der Waals surface area contributed by atoms with Crippen LogP contribution in [0, 0.1) is 5.41 Å². The van der Waals surface area contributed by atoms with Gasteiger partial charge in [-0.15, -0.1) is 0 Å². The highest BCUT2D eigenvalue weighted by Gasteiger charge is 2.52. The normalized spacial score (nSPS) is 18.9. The van der Waals surface area contributed by atoms with Gasteiger partial charge in [-0.2, -0.15) is 0 Å². The Balaban J connectivity index is 1.48. The van der Waals surface area contributed by atoms with Crippen molar-refractivity contribution in [2.24, 2.45) is 5.41 Å². The third kappa shape index (κ3) is 5.12. The zero-order valence-electron chi connectivity index (χ0n) is 25.3. The molecule has 6 rings (SSSR count). The molecule has 1 aliphatic heterocycles. The van der Waals surface area contributed by atoms with E-state index in [-0.39, 0.29) is 29.4 Å². The van der Waals surface area contributed by atoms with Crippen LogP contribution < -0.4 is 15.2 Å². The minimum absolute atomic E-state index is 0.0106. The van der Waals surface area contributed by atoms with Gasteiger partial charge in [-0.25, -0.2) is 9.80 Å². The molecule has 7 nitrogen and oxygen atoms in total. The number of amides is 1. The van der Waals surface area contributed by atoms with Crippen molar-refractivity contribution in [3.8, 4) is 16.9 Å². The molecular weight excluding hydrogens is 540 g/mol. The molecule has 43 heavy (non-hydrogen) atoms. The molecule has 1 amide bonds. The summed E-state index contributed by atoms with van der Waals surface area (Å²) in [6, 6.07) is 27.1. The van der Waals surface area contributed by atoms with Crippen molar-refractivity contribution in [1.82, 2.24) is 4.68 Å². The molecule has 2 atom stereocenters. The number of hydrogen-bond donors (Lipinski definition) is 1. The van der Waals surface area contributed by atoms with E-state index in [1.807, 2.05) is 89.2 Å². The predicted octanol–water partition coefficient (Wildman–Crippen LogP) is 6.94. The Hall–Kier alpha value is -4.36. The molecule has 2 aliphatic rings. The molecule has 1 N–H and O–H groups in total. The third-order valence-electron chi connectivity index (χ3n) is 8.65. The number of rotatable bonds is 5. The van der Waals surface area contributed by atoms with Gasteiger partial charge in [-0.1, -0.05) is 92.7 Å². The SMILES string of the molecule is CC(C)(C)OC(=O)N1C(CC2c3ccccc3-c3ccccc32)C(C)(C)C(O)c2c(OCc3ccccc3)c(=O)ccn21. The van der Waals surface area contributed by atoms with E-state index in [0.29, 0.717) is 6.42 Å². The molecular formula is C36H38N2O5. The maximum Gasteiger partial charge on any atom is 0.429 e. The summed E-state index contributed by atoms with van der Waals surface area (Å²) in [7, 11) is 0. The van der Waals surface area contributed by atoms with E-state index in [1.54, 1.807) is 15.9 Å². The first-order valence-electron chi connectivity index (χ1n) is 14.8. The van der Waals surface area contributed by atoms with Gasteiger partial charge in [0.25, 0.3) is 0 Å². The number of aliphatic hydroxyl groups is 1. The first-order chi connectivity index (χ1) is 20.5. The molecule has 4 aromatic rings. The van der Waals surface area contributed by atoms with Crippen LogP contribution in [0.3, 0.4) is 0 Å². The zero-order chi connectivity index (χ0) is 30.5. The fraction of sp³-hybridized carbons (Fsp3) is 0.333. The Kier molecular flexibility index (Phi) is 7.17. The van der Waals surface area contributed by atoms with Crippen LogP contribution in [0.4, 0.5) is 4.79 Å². The van der Waals surface area contributed by atoms with Crippen LogP contribution in [0.1, 0.15) is 75.4 Å². The van der Waals surface area contributed by atoms with Gasteiger partial charge >= 0.3 is 6.09 Å². The second kappa shape index (κ2) is 10.7. The molecule has 0 spiro atoms.